The predicted octanol–water partition coefficient (Wildman–Crippen LogP) is 3.00. The summed E-state index contributed by atoms with van der Waals surface area (Å²) in [5, 5.41) is 3.62. The van der Waals surface area contributed by atoms with Crippen LogP contribution in [0.5, 0.6) is 0 Å². The molecule has 1 aromatic carbocycles. The second-order valence-corrected chi connectivity index (χ2v) is 5.51. The lowest BCUT2D eigenvalue weighted by Crippen LogP contribution is -2.41. The van der Waals surface area contributed by atoms with Gasteiger partial charge in [0.1, 0.15) is 0 Å². The van der Waals surface area contributed by atoms with E-state index in [1.54, 1.807) is 7.11 Å². The summed E-state index contributed by atoms with van der Waals surface area (Å²) in [6.07, 6.45) is 1.07. The van der Waals surface area contributed by atoms with Gasteiger partial charge in [-0.3, -0.25) is 0 Å². The molecule has 0 saturated carbocycles. The second-order valence-electron chi connectivity index (χ2n) is 5.51. The number of ether oxygens (including phenoxy) is 1. The van der Waals surface area contributed by atoms with E-state index in [0.29, 0.717) is 12.1 Å². The third-order valence-corrected chi connectivity index (χ3v) is 3.90. The smallest absolute Gasteiger partial charge is 0.0475 e. The number of nitrogens with one attached hydrogen (secondary N) is 1. The molecule has 0 fully saturated rings. The van der Waals surface area contributed by atoms with Crippen LogP contribution in [0.15, 0.2) is 24.3 Å². The highest BCUT2D eigenvalue weighted by molar-refractivity contribution is 5.25. The predicted molar refractivity (Wildman–Crippen MR) is 86.2 cm³/mol. The maximum Gasteiger partial charge on any atom is 0.0475 e. The molecule has 2 unspecified atom stereocenters. The molecule has 0 amide bonds. The number of likely N-dealkylation sites (N-methyl/N-ethyl adjacent to an activating group) is 2. The van der Waals surface area contributed by atoms with Crippen molar-refractivity contribution in [3.8, 4) is 0 Å². The monoisotopic (exact) mass is 278 g/mol. The molecule has 3 nitrogen and oxygen atoms in total. The van der Waals surface area contributed by atoms with Crippen LogP contribution in [-0.2, 0) is 4.74 Å². The first-order valence-electron chi connectivity index (χ1n) is 7.59. The molecule has 1 N–H and O–H groups in total. The van der Waals surface area contributed by atoms with Crippen molar-refractivity contribution >= 4 is 0 Å². The van der Waals surface area contributed by atoms with Crippen LogP contribution >= 0.6 is 0 Å². The maximum absolute atomic E-state index is 5.14. The first kappa shape index (κ1) is 17.2. The first-order valence-corrected chi connectivity index (χ1v) is 7.59. The fraction of sp³-hybridized carbons (Fsp3) is 0.647. The van der Waals surface area contributed by atoms with E-state index in [4.69, 9.17) is 4.74 Å². The molecule has 2 atom stereocenters. The number of methoxy groups -OCH3 is 1. The van der Waals surface area contributed by atoms with E-state index in [2.05, 4.69) is 62.3 Å². The molecule has 0 aliphatic rings. The van der Waals surface area contributed by atoms with Crippen LogP contribution in [-0.4, -0.2) is 44.8 Å². The normalized spacial score (nSPS) is 14.5. The zero-order valence-electron chi connectivity index (χ0n) is 13.6. The van der Waals surface area contributed by atoms with Crippen LogP contribution in [0.4, 0.5) is 0 Å². The third-order valence-electron chi connectivity index (χ3n) is 3.90. The van der Waals surface area contributed by atoms with Gasteiger partial charge in [0.15, 0.2) is 0 Å². The molecule has 0 radical (unpaired) electrons. The molecule has 0 heterocycles. The average Bonchev–Trinajstić information content (AvgIpc) is 2.45. The van der Waals surface area contributed by atoms with Gasteiger partial charge in [-0.15, -0.1) is 0 Å². The van der Waals surface area contributed by atoms with Gasteiger partial charge >= 0.3 is 0 Å². The zero-order chi connectivity index (χ0) is 15.0. The summed E-state index contributed by atoms with van der Waals surface area (Å²) in [6.45, 7) is 9.45. The third kappa shape index (κ3) is 5.23. The Labute approximate surface area is 124 Å². The Morgan fingerprint density at radius 2 is 1.90 bits per heavy atom. The van der Waals surface area contributed by atoms with E-state index in [1.165, 1.54) is 11.1 Å². The second kappa shape index (κ2) is 9.11. The van der Waals surface area contributed by atoms with Crippen LogP contribution in [0.3, 0.4) is 0 Å². The quantitative estimate of drug-likeness (QED) is 0.703. The topological polar surface area (TPSA) is 24.5 Å². The minimum absolute atomic E-state index is 0.369. The van der Waals surface area contributed by atoms with Gasteiger partial charge in [0.25, 0.3) is 0 Å². The molecular formula is C17H30N2O. The Morgan fingerprint density at radius 3 is 2.45 bits per heavy atom. The van der Waals surface area contributed by atoms with Crippen LogP contribution in [0.2, 0.25) is 0 Å². The van der Waals surface area contributed by atoms with Gasteiger partial charge in [-0.1, -0.05) is 36.8 Å². The van der Waals surface area contributed by atoms with Crippen molar-refractivity contribution in [2.24, 2.45) is 0 Å². The van der Waals surface area contributed by atoms with Crippen molar-refractivity contribution in [2.75, 3.05) is 33.9 Å². The lowest BCUT2D eigenvalue weighted by atomic mass is 9.98. The molecule has 0 aliphatic carbocycles. The molecule has 1 aromatic rings. The number of hydrogen-bond acceptors (Lipinski definition) is 3. The molecule has 1 rings (SSSR count). The molecule has 0 aliphatic heterocycles. The summed E-state index contributed by atoms with van der Waals surface area (Å²) < 4.78 is 5.14. The molecule has 3 heteroatoms. The Balaban J connectivity index is 2.71. The van der Waals surface area contributed by atoms with Gasteiger partial charge in [-0.2, -0.15) is 0 Å². The van der Waals surface area contributed by atoms with Crippen LogP contribution in [0.1, 0.15) is 37.4 Å². The van der Waals surface area contributed by atoms with E-state index in [1.807, 2.05) is 0 Å². The van der Waals surface area contributed by atoms with Gasteiger partial charge in [0.05, 0.1) is 0 Å². The lowest BCUT2D eigenvalue weighted by molar-refractivity contribution is 0.156. The molecule has 0 aromatic heterocycles. The standard InChI is InChI=1S/C17H30N2O/c1-6-18-17(16-10-8-14(2)9-11-16)15(3)19(4)12-7-13-20-5/h8-11,15,17-18H,6-7,12-13H2,1-5H3. The van der Waals surface area contributed by atoms with Crippen LogP contribution < -0.4 is 5.32 Å². The summed E-state index contributed by atoms with van der Waals surface area (Å²) in [5.41, 5.74) is 2.67. The van der Waals surface area contributed by atoms with Crippen molar-refractivity contribution in [3.63, 3.8) is 0 Å². The molecule has 0 spiro atoms. The van der Waals surface area contributed by atoms with Crippen molar-refractivity contribution in [3.05, 3.63) is 35.4 Å². The fourth-order valence-corrected chi connectivity index (χ4v) is 2.48. The summed E-state index contributed by atoms with van der Waals surface area (Å²) in [6, 6.07) is 9.68. The Kier molecular flexibility index (Phi) is 7.82. The summed E-state index contributed by atoms with van der Waals surface area (Å²) >= 11 is 0. The largest absolute Gasteiger partial charge is 0.385 e. The molecule has 20 heavy (non-hydrogen) atoms. The van der Waals surface area contributed by atoms with Crippen LogP contribution in [0.25, 0.3) is 0 Å². The van der Waals surface area contributed by atoms with Crippen LogP contribution in [0, 0.1) is 6.92 Å². The highest BCUT2D eigenvalue weighted by Crippen LogP contribution is 2.21. The summed E-state index contributed by atoms with van der Waals surface area (Å²) in [4.78, 5) is 2.41. The number of aryl methyl sites for hydroxylation is 1. The minimum Gasteiger partial charge on any atom is -0.385 e. The molecule has 114 valence electrons. The first-order chi connectivity index (χ1) is 9.60. The zero-order valence-corrected chi connectivity index (χ0v) is 13.6. The van der Waals surface area contributed by atoms with Gasteiger partial charge in [0, 0.05) is 32.3 Å². The number of benzene rings is 1. The lowest BCUT2D eigenvalue weighted by Gasteiger charge is -2.33. The van der Waals surface area contributed by atoms with E-state index < -0.39 is 0 Å². The Hall–Kier alpha value is -0.900. The average molecular weight is 278 g/mol. The van der Waals surface area contributed by atoms with E-state index in [-0.39, 0.29) is 0 Å². The number of nitrogens with zero attached hydrogens (tertiary/aromatic N) is 1. The Bertz CT molecular complexity index is 364. The molecular weight excluding hydrogens is 248 g/mol. The summed E-state index contributed by atoms with van der Waals surface area (Å²) in [7, 11) is 3.95. The van der Waals surface area contributed by atoms with Crippen molar-refractivity contribution < 1.29 is 4.74 Å². The molecule has 0 bridgehead atoms. The van der Waals surface area contributed by atoms with Crippen molar-refractivity contribution in [1.29, 1.82) is 0 Å². The summed E-state index contributed by atoms with van der Waals surface area (Å²) in [5.74, 6) is 0. The van der Waals surface area contributed by atoms with E-state index in [0.717, 1.165) is 26.1 Å². The highest BCUT2D eigenvalue weighted by Gasteiger charge is 2.21. The van der Waals surface area contributed by atoms with Gasteiger partial charge < -0.3 is 15.0 Å². The molecule has 0 saturated heterocycles. The van der Waals surface area contributed by atoms with Gasteiger partial charge in [0.2, 0.25) is 0 Å². The number of rotatable bonds is 9. The van der Waals surface area contributed by atoms with E-state index >= 15 is 0 Å². The van der Waals surface area contributed by atoms with E-state index in [9.17, 15) is 0 Å². The van der Waals surface area contributed by atoms with Gasteiger partial charge in [-0.05, 0) is 39.4 Å². The van der Waals surface area contributed by atoms with Crippen molar-refractivity contribution in [2.45, 2.75) is 39.3 Å². The van der Waals surface area contributed by atoms with Gasteiger partial charge in [-0.25, -0.2) is 0 Å². The number of hydrogen-bond donors (Lipinski definition) is 1. The fourth-order valence-electron chi connectivity index (χ4n) is 2.48. The SMILES string of the molecule is CCNC(c1ccc(C)cc1)C(C)N(C)CCCOC. The Morgan fingerprint density at radius 1 is 1.25 bits per heavy atom. The van der Waals surface area contributed by atoms with Crippen molar-refractivity contribution in [1.82, 2.24) is 10.2 Å². The highest BCUT2D eigenvalue weighted by atomic mass is 16.5. The maximum atomic E-state index is 5.14. The minimum atomic E-state index is 0.369.